The van der Waals surface area contributed by atoms with Crippen LogP contribution in [0.15, 0.2) is 42.5 Å². The second-order valence-corrected chi connectivity index (χ2v) is 4.92. The molecule has 0 aliphatic carbocycles. The minimum Gasteiger partial charge on any atom is -0.496 e. The van der Waals surface area contributed by atoms with Crippen molar-refractivity contribution in [3.63, 3.8) is 0 Å². The number of hydrogen-bond donors (Lipinski definition) is 2. The third-order valence-corrected chi connectivity index (χ3v) is 3.27. The lowest BCUT2D eigenvalue weighted by Gasteiger charge is -2.13. The number of rotatable bonds is 5. The summed E-state index contributed by atoms with van der Waals surface area (Å²) in [5, 5.41) is 6.46. The molecule has 0 saturated heterocycles. The van der Waals surface area contributed by atoms with Gasteiger partial charge in [0.2, 0.25) is 0 Å². The van der Waals surface area contributed by atoms with E-state index in [1.54, 1.807) is 18.2 Å². The molecular formula is C16H17ClN2O2. The van der Waals surface area contributed by atoms with Crippen LogP contribution in [0.1, 0.15) is 15.9 Å². The monoisotopic (exact) mass is 304 g/mol. The van der Waals surface area contributed by atoms with Crippen LogP contribution >= 0.6 is 11.6 Å². The summed E-state index contributed by atoms with van der Waals surface area (Å²) >= 11 is 5.96. The average molecular weight is 305 g/mol. The number of hydrogen-bond acceptors (Lipinski definition) is 3. The molecule has 1 amide bonds. The Morgan fingerprint density at radius 2 is 2.00 bits per heavy atom. The molecule has 2 aromatic carbocycles. The van der Waals surface area contributed by atoms with Gasteiger partial charge in [0.15, 0.2) is 0 Å². The molecule has 0 bridgehead atoms. The van der Waals surface area contributed by atoms with Gasteiger partial charge in [-0.15, -0.1) is 0 Å². The van der Waals surface area contributed by atoms with Crippen LogP contribution in [0.2, 0.25) is 5.02 Å². The number of para-hydroxylation sites is 1. The normalized spacial score (nSPS) is 10.2. The van der Waals surface area contributed by atoms with E-state index in [-0.39, 0.29) is 5.91 Å². The second-order valence-electron chi connectivity index (χ2n) is 4.49. The molecule has 21 heavy (non-hydrogen) atoms. The highest BCUT2D eigenvalue weighted by Crippen LogP contribution is 2.24. The Morgan fingerprint density at radius 3 is 2.71 bits per heavy atom. The smallest absolute Gasteiger partial charge is 0.259 e. The van der Waals surface area contributed by atoms with Crippen LogP contribution in [0.4, 0.5) is 5.69 Å². The first-order chi connectivity index (χ1) is 10.2. The summed E-state index contributed by atoms with van der Waals surface area (Å²) in [6.45, 7) is 0.670. The molecule has 4 nitrogen and oxygen atoms in total. The molecule has 2 aromatic rings. The largest absolute Gasteiger partial charge is 0.496 e. The summed E-state index contributed by atoms with van der Waals surface area (Å²) in [5.74, 6) is 0.237. The molecule has 2 N–H and O–H groups in total. The zero-order chi connectivity index (χ0) is 15.2. The fraction of sp³-hybridized carbons (Fsp3) is 0.188. The number of carbonyl (C=O) groups excluding carboxylic acids is 1. The maximum absolute atomic E-state index is 12.4. The van der Waals surface area contributed by atoms with Gasteiger partial charge in [-0.05, 0) is 36.9 Å². The summed E-state index contributed by atoms with van der Waals surface area (Å²) in [4.78, 5) is 12.4. The Hall–Kier alpha value is -2.04. The quantitative estimate of drug-likeness (QED) is 0.891. The predicted molar refractivity (Wildman–Crippen MR) is 85.2 cm³/mol. The van der Waals surface area contributed by atoms with E-state index in [2.05, 4.69) is 10.6 Å². The number of anilines is 1. The minimum absolute atomic E-state index is 0.252. The minimum atomic E-state index is -0.252. The number of methoxy groups -OCH3 is 1. The van der Waals surface area contributed by atoms with Crippen LogP contribution in [0, 0.1) is 0 Å². The van der Waals surface area contributed by atoms with Crippen LogP contribution in [0.5, 0.6) is 5.75 Å². The fourth-order valence-electron chi connectivity index (χ4n) is 2.03. The van der Waals surface area contributed by atoms with Gasteiger partial charge in [-0.25, -0.2) is 0 Å². The third-order valence-electron chi connectivity index (χ3n) is 3.04. The third kappa shape index (κ3) is 3.74. The molecule has 0 atom stereocenters. The Labute approximate surface area is 129 Å². The van der Waals surface area contributed by atoms with E-state index >= 15 is 0 Å². The van der Waals surface area contributed by atoms with Crippen molar-refractivity contribution in [1.29, 1.82) is 0 Å². The Morgan fingerprint density at radius 1 is 1.24 bits per heavy atom. The van der Waals surface area contributed by atoms with Crippen LogP contribution in [0.3, 0.4) is 0 Å². The summed E-state index contributed by atoms with van der Waals surface area (Å²) in [6, 6.07) is 12.6. The fourth-order valence-corrected chi connectivity index (χ4v) is 2.21. The van der Waals surface area contributed by atoms with E-state index in [0.29, 0.717) is 22.9 Å². The van der Waals surface area contributed by atoms with E-state index in [1.165, 1.54) is 7.11 Å². The zero-order valence-corrected chi connectivity index (χ0v) is 12.7. The van der Waals surface area contributed by atoms with Gasteiger partial charge in [0.1, 0.15) is 5.75 Å². The summed E-state index contributed by atoms with van der Waals surface area (Å²) in [7, 11) is 3.38. The number of halogens is 1. The van der Waals surface area contributed by atoms with Gasteiger partial charge in [0.25, 0.3) is 5.91 Å². The van der Waals surface area contributed by atoms with Crippen molar-refractivity contribution in [2.45, 2.75) is 6.54 Å². The van der Waals surface area contributed by atoms with E-state index in [4.69, 9.17) is 16.3 Å². The first-order valence-corrected chi connectivity index (χ1v) is 6.91. The number of amides is 1. The molecule has 5 heteroatoms. The lowest BCUT2D eigenvalue weighted by molar-refractivity contribution is 0.102. The SMILES string of the molecule is CNCc1ccccc1NC(=O)c1cc(Cl)ccc1OC. The predicted octanol–water partition coefficient (Wildman–Crippen LogP) is 3.32. The van der Waals surface area contributed by atoms with Gasteiger partial charge in [-0.3, -0.25) is 4.79 Å². The summed E-state index contributed by atoms with van der Waals surface area (Å²) in [5.41, 5.74) is 2.18. The van der Waals surface area contributed by atoms with Gasteiger partial charge in [0.05, 0.1) is 12.7 Å². The number of ether oxygens (including phenoxy) is 1. The van der Waals surface area contributed by atoms with E-state index in [0.717, 1.165) is 11.3 Å². The van der Waals surface area contributed by atoms with Crippen molar-refractivity contribution in [1.82, 2.24) is 5.32 Å². The molecule has 0 spiro atoms. The van der Waals surface area contributed by atoms with Crippen LogP contribution < -0.4 is 15.4 Å². The molecule has 2 rings (SSSR count). The van der Waals surface area contributed by atoms with Crippen LogP contribution in [0.25, 0.3) is 0 Å². The standard InChI is InChI=1S/C16H17ClN2O2/c1-18-10-11-5-3-4-6-14(11)19-16(20)13-9-12(17)7-8-15(13)21-2/h3-9,18H,10H2,1-2H3,(H,19,20). The Kier molecular flexibility index (Phi) is 5.20. The molecule has 0 heterocycles. The Balaban J connectivity index is 2.28. The summed E-state index contributed by atoms with van der Waals surface area (Å²) in [6.07, 6.45) is 0. The van der Waals surface area contributed by atoms with Crippen molar-refractivity contribution in [2.75, 3.05) is 19.5 Å². The van der Waals surface area contributed by atoms with Crippen molar-refractivity contribution in [3.8, 4) is 5.75 Å². The van der Waals surface area contributed by atoms with Gasteiger partial charge < -0.3 is 15.4 Å². The van der Waals surface area contributed by atoms with Gasteiger partial charge >= 0.3 is 0 Å². The lowest BCUT2D eigenvalue weighted by Crippen LogP contribution is -2.16. The molecule has 0 aromatic heterocycles. The molecule has 0 unspecified atom stereocenters. The first-order valence-electron chi connectivity index (χ1n) is 6.53. The summed E-state index contributed by atoms with van der Waals surface area (Å²) < 4.78 is 5.21. The average Bonchev–Trinajstić information content (AvgIpc) is 2.49. The van der Waals surface area contributed by atoms with Gasteiger partial charge in [0, 0.05) is 17.3 Å². The number of nitrogens with one attached hydrogen (secondary N) is 2. The second kappa shape index (κ2) is 7.11. The molecule has 0 aliphatic rings. The molecular weight excluding hydrogens is 288 g/mol. The number of carbonyl (C=O) groups is 1. The van der Waals surface area contributed by atoms with Gasteiger partial charge in [-0.1, -0.05) is 29.8 Å². The first kappa shape index (κ1) is 15.4. The highest BCUT2D eigenvalue weighted by Gasteiger charge is 2.14. The van der Waals surface area contributed by atoms with Crippen LogP contribution in [-0.2, 0) is 6.54 Å². The molecule has 110 valence electrons. The van der Waals surface area contributed by atoms with Crippen molar-refractivity contribution >= 4 is 23.2 Å². The Bertz CT molecular complexity index is 644. The van der Waals surface area contributed by atoms with Crippen molar-refractivity contribution in [3.05, 3.63) is 58.6 Å². The topological polar surface area (TPSA) is 50.4 Å². The molecule has 0 fully saturated rings. The van der Waals surface area contributed by atoms with E-state index in [1.807, 2.05) is 31.3 Å². The highest BCUT2D eigenvalue weighted by atomic mass is 35.5. The molecule has 0 saturated carbocycles. The van der Waals surface area contributed by atoms with E-state index < -0.39 is 0 Å². The molecule has 0 radical (unpaired) electrons. The highest BCUT2D eigenvalue weighted by molar-refractivity contribution is 6.31. The van der Waals surface area contributed by atoms with Gasteiger partial charge in [-0.2, -0.15) is 0 Å². The van der Waals surface area contributed by atoms with Crippen molar-refractivity contribution in [2.24, 2.45) is 0 Å². The number of benzene rings is 2. The van der Waals surface area contributed by atoms with Crippen LogP contribution in [-0.4, -0.2) is 20.1 Å². The van der Waals surface area contributed by atoms with E-state index in [9.17, 15) is 4.79 Å². The zero-order valence-electron chi connectivity index (χ0n) is 11.9. The maximum atomic E-state index is 12.4. The molecule has 0 aliphatic heterocycles. The lowest BCUT2D eigenvalue weighted by atomic mass is 10.1. The maximum Gasteiger partial charge on any atom is 0.259 e. The van der Waals surface area contributed by atoms with Crippen molar-refractivity contribution < 1.29 is 9.53 Å².